The van der Waals surface area contributed by atoms with Gasteiger partial charge in [0.05, 0.1) is 12.1 Å². The van der Waals surface area contributed by atoms with Gasteiger partial charge in [-0.3, -0.25) is 20.0 Å². The van der Waals surface area contributed by atoms with E-state index in [2.05, 4.69) is 10.4 Å². The van der Waals surface area contributed by atoms with Gasteiger partial charge in [-0.2, -0.15) is 5.01 Å². The summed E-state index contributed by atoms with van der Waals surface area (Å²) >= 11 is 0. The Labute approximate surface area is 109 Å². The maximum atomic E-state index is 12.3. The second-order valence-corrected chi connectivity index (χ2v) is 4.22. The molecule has 2 amide bonds. The molecule has 0 fully saturated rings. The molecule has 0 atom stereocenters. The van der Waals surface area contributed by atoms with E-state index >= 15 is 0 Å². The van der Waals surface area contributed by atoms with E-state index in [9.17, 15) is 9.59 Å². The lowest BCUT2D eigenvalue weighted by Gasteiger charge is -2.27. The highest BCUT2D eigenvalue weighted by atomic mass is 16.2. The molecule has 1 N–H and O–H groups in total. The van der Waals surface area contributed by atoms with Crippen LogP contribution in [0.2, 0.25) is 0 Å². The highest BCUT2D eigenvalue weighted by Crippen LogP contribution is 2.20. The summed E-state index contributed by atoms with van der Waals surface area (Å²) in [4.78, 5) is 28.1. The second-order valence-electron chi connectivity index (χ2n) is 4.22. The fourth-order valence-electron chi connectivity index (χ4n) is 2.03. The van der Waals surface area contributed by atoms with E-state index in [1.807, 2.05) is 6.07 Å². The van der Waals surface area contributed by atoms with Crippen LogP contribution >= 0.6 is 0 Å². The average Bonchev–Trinajstić information content (AvgIpc) is 2.45. The van der Waals surface area contributed by atoms with Gasteiger partial charge in [0.1, 0.15) is 0 Å². The summed E-state index contributed by atoms with van der Waals surface area (Å²) in [6, 6.07) is 10.5. The van der Waals surface area contributed by atoms with E-state index in [4.69, 9.17) is 0 Å². The zero-order valence-corrected chi connectivity index (χ0v) is 10.0. The molecule has 5 heteroatoms. The molecule has 0 saturated heterocycles. The van der Waals surface area contributed by atoms with E-state index in [0.717, 1.165) is 10.6 Å². The summed E-state index contributed by atoms with van der Waals surface area (Å²) in [5.74, 6) is -0.593. The van der Waals surface area contributed by atoms with Crippen molar-refractivity contribution in [1.29, 1.82) is 0 Å². The van der Waals surface area contributed by atoms with Gasteiger partial charge < -0.3 is 0 Å². The monoisotopic (exact) mass is 253 g/mol. The third-order valence-electron chi connectivity index (χ3n) is 2.96. The number of hydrogen-bond acceptors (Lipinski definition) is 4. The number of carbonyl (C=O) groups is 2. The Kier molecular flexibility index (Phi) is 2.72. The third kappa shape index (κ3) is 2.06. The van der Waals surface area contributed by atoms with Crippen molar-refractivity contribution in [3.63, 3.8) is 0 Å². The molecule has 94 valence electrons. The van der Waals surface area contributed by atoms with Gasteiger partial charge in [-0.25, -0.2) is 0 Å². The van der Waals surface area contributed by atoms with Crippen molar-refractivity contribution in [2.75, 3.05) is 5.43 Å². The van der Waals surface area contributed by atoms with Crippen molar-refractivity contribution in [1.82, 2.24) is 9.99 Å². The molecule has 1 aliphatic rings. The van der Waals surface area contributed by atoms with Crippen molar-refractivity contribution in [2.24, 2.45) is 0 Å². The number of amides is 2. The molecule has 5 nitrogen and oxygen atoms in total. The van der Waals surface area contributed by atoms with Crippen molar-refractivity contribution in [2.45, 2.75) is 6.42 Å². The number of imide groups is 1. The van der Waals surface area contributed by atoms with Gasteiger partial charge in [-0.1, -0.05) is 18.2 Å². The Morgan fingerprint density at radius 2 is 1.79 bits per heavy atom. The van der Waals surface area contributed by atoms with Crippen LogP contribution < -0.4 is 5.43 Å². The molecule has 0 unspecified atom stereocenters. The van der Waals surface area contributed by atoms with Gasteiger partial charge in [0.2, 0.25) is 0 Å². The lowest BCUT2D eigenvalue weighted by atomic mass is 10.00. The van der Waals surface area contributed by atoms with Crippen molar-refractivity contribution >= 4 is 17.5 Å². The highest BCUT2D eigenvalue weighted by Gasteiger charge is 2.30. The SMILES string of the molecule is O=C1Cc2ccccc2C(=O)N1Nc1ccncc1. The Bertz CT molecular complexity index is 640. The number of fused-ring (bicyclic) bond motifs is 1. The minimum absolute atomic E-state index is 0.222. The Morgan fingerprint density at radius 3 is 2.58 bits per heavy atom. The first-order chi connectivity index (χ1) is 9.25. The number of benzene rings is 1. The molecule has 0 saturated carbocycles. The standard InChI is InChI=1S/C14H11N3O2/c18-13-9-10-3-1-2-4-12(10)14(19)17(13)16-11-5-7-15-8-6-11/h1-8H,9H2,(H,15,16). The highest BCUT2D eigenvalue weighted by molar-refractivity contribution is 6.10. The number of hydrogen-bond donors (Lipinski definition) is 1. The first kappa shape index (κ1) is 11.4. The van der Waals surface area contributed by atoms with Crippen LogP contribution in [0.1, 0.15) is 15.9 Å². The van der Waals surface area contributed by atoms with Crippen LogP contribution in [0.15, 0.2) is 48.8 Å². The fraction of sp³-hybridized carbons (Fsp3) is 0.0714. The zero-order chi connectivity index (χ0) is 13.2. The maximum absolute atomic E-state index is 12.3. The zero-order valence-electron chi connectivity index (χ0n) is 10.0. The number of hydrazine groups is 1. The van der Waals surface area contributed by atoms with E-state index in [1.165, 1.54) is 0 Å². The molecule has 1 aliphatic heterocycles. The number of nitrogens with one attached hydrogen (secondary N) is 1. The van der Waals surface area contributed by atoms with Gasteiger partial charge in [0, 0.05) is 18.0 Å². The first-order valence-corrected chi connectivity index (χ1v) is 5.87. The molecular formula is C14H11N3O2. The van der Waals surface area contributed by atoms with Crippen LogP contribution in [-0.2, 0) is 11.2 Å². The Hall–Kier alpha value is -2.69. The summed E-state index contributed by atoms with van der Waals surface area (Å²) in [5, 5.41) is 1.05. The van der Waals surface area contributed by atoms with Crippen LogP contribution in [0.3, 0.4) is 0 Å². The van der Waals surface area contributed by atoms with Crippen molar-refractivity contribution in [3.05, 3.63) is 59.9 Å². The smallest absolute Gasteiger partial charge is 0.279 e. The summed E-state index contributed by atoms with van der Waals surface area (Å²) in [5.41, 5.74) is 4.79. The summed E-state index contributed by atoms with van der Waals surface area (Å²) < 4.78 is 0. The largest absolute Gasteiger partial charge is 0.288 e. The van der Waals surface area contributed by atoms with Gasteiger partial charge in [-0.05, 0) is 23.8 Å². The van der Waals surface area contributed by atoms with E-state index in [1.54, 1.807) is 42.7 Å². The Balaban J connectivity index is 1.92. The molecule has 3 rings (SSSR count). The summed E-state index contributed by atoms with van der Waals surface area (Å²) in [6.07, 6.45) is 3.41. The van der Waals surface area contributed by atoms with Crippen molar-refractivity contribution in [3.8, 4) is 0 Å². The van der Waals surface area contributed by atoms with Gasteiger partial charge >= 0.3 is 0 Å². The number of aromatic nitrogens is 1. The lowest BCUT2D eigenvalue weighted by Crippen LogP contribution is -2.45. The van der Waals surface area contributed by atoms with Crippen LogP contribution in [0.4, 0.5) is 5.69 Å². The van der Waals surface area contributed by atoms with Crippen LogP contribution in [0, 0.1) is 0 Å². The number of pyridine rings is 1. The maximum Gasteiger partial charge on any atom is 0.279 e. The number of rotatable bonds is 2. The topological polar surface area (TPSA) is 62.3 Å². The van der Waals surface area contributed by atoms with Crippen LogP contribution in [0.25, 0.3) is 0 Å². The third-order valence-corrected chi connectivity index (χ3v) is 2.96. The predicted molar refractivity (Wildman–Crippen MR) is 69.2 cm³/mol. The van der Waals surface area contributed by atoms with Crippen LogP contribution in [-0.4, -0.2) is 21.8 Å². The van der Waals surface area contributed by atoms with Crippen molar-refractivity contribution < 1.29 is 9.59 Å². The van der Waals surface area contributed by atoms with Gasteiger partial charge in [0.15, 0.2) is 0 Å². The quantitative estimate of drug-likeness (QED) is 0.826. The molecule has 0 aliphatic carbocycles. The normalized spacial score (nSPS) is 14.2. The fourth-order valence-corrected chi connectivity index (χ4v) is 2.03. The summed E-state index contributed by atoms with van der Waals surface area (Å²) in [7, 11) is 0. The molecule has 2 aromatic rings. The molecule has 2 heterocycles. The molecule has 0 spiro atoms. The molecular weight excluding hydrogens is 242 g/mol. The first-order valence-electron chi connectivity index (χ1n) is 5.87. The minimum Gasteiger partial charge on any atom is -0.288 e. The second kappa shape index (κ2) is 4.53. The van der Waals surface area contributed by atoms with E-state index in [0.29, 0.717) is 11.3 Å². The van der Waals surface area contributed by atoms with Gasteiger partial charge in [-0.15, -0.1) is 0 Å². The predicted octanol–water partition coefficient (Wildman–Crippen LogP) is 1.63. The molecule has 0 radical (unpaired) electrons. The lowest BCUT2D eigenvalue weighted by molar-refractivity contribution is -0.127. The summed E-state index contributed by atoms with van der Waals surface area (Å²) in [6.45, 7) is 0. The molecule has 19 heavy (non-hydrogen) atoms. The number of nitrogens with zero attached hydrogens (tertiary/aromatic N) is 2. The van der Waals surface area contributed by atoms with Gasteiger partial charge in [0.25, 0.3) is 11.8 Å². The average molecular weight is 253 g/mol. The molecule has 1 aromatic heterocycles. The van der Waals surface area contributed by atoms with Crippen LogP contribution in [0.5, 0.6) is 0 Å². The molecule has 1 aromatic carbocycles. The Morgan fingerprint density at radius 1 is 1.05 bits per heavy atom. The van der Waals surface area contributed by atoms with E-state index in [-0.39, 0.29) is 18.2 Å². The molecule has 0 bridgehead atoms. The minimum atomic E-state index is -0.330. The number of carbonyl (C=O) groups excluding carboxylic acids is 2. The number of anilines is 1. The van der Waals surface area contributed by atoms with E-state index < -0.39 is 0 Å².